The first kappa shape index (κ1) is 24.5. The number of nitrogens with one attached hydrogen (secondary N) is 2. The molecule has 0 aliphatic rings. The fraction of sp³-hybridized carbons (Fsp3) is 0.292. The summed E-state index contributed by atoms with van der Waals surface area (Å²) in [6, 6.07) is 12.2. The van der Waals surface area contributed by atoms with Crippen LogP contribution < -0.4 is 15.5 Å². The molecule has 174 valence electrons. The molecule has 2 aromatic heterocycles. The Morgan fingerprint density at radius 1 is 1.12 bits per heavy atom. The van der Waals surface area contributed by atoms with E-state index >= 15 is 0 Å². The van der Waals surface area contributed by atoms with Crippen LogP contribution in [0.15, 0.2) is 64.6 Å². The van der Waals surface area contributed by atoms with Gasteiger partial charge in [0, 0.05) is 16.2 Å². The van der Waals surface area contributed by atoms with Gasteiger partial charge < -0.3 is 15.1 Å². The van der Waals surface area contributed by atoms with Crippen molar-refractivity contribution in [1.29, 1.82) is 0 Å². The summed E-state index contributed by atoms with van der Waals surface area (Å²) >= 11 is 7.32. The highest BCUT2D eigenvalue weighted by Crippen LogP contribution is 2.30. The zero-order valence-corrected chi connectivity index (χ0v) is 20.2. The second-order valence-corrected chi connectivity index (χ2v) is 9.43. The van der Waals surface area contributed by atoms with Gasteiger partial charge in [-0.2, -0.15) is 0 Å². The van der Waals surface area contributed by atoms with Gasteiger partial charge in [-0.05, 0) is 68.1 Å². The van der Waals surface area contributed by atoms with Gasteiger partial charge in [0.1, 0.15) is 5.76 Å². The molecular weight excluding hydrogens is 462 g/mol. The average Bonchev–Trinajstić information content (AvgIpc) is 3.50. The molecule has 3 amide bonds. The van der Waals surface area contributed by atoms with Crippen molar-refractivity contribution in [3.63, 3.8) is 0 Å². The summed E-state index contributed by atoms with van der Waals surface area (Å²) in [6.07, 6.45) is 2.14. The Morgan fingerprint density at radius 3 is 2.42 bits per heavy atom. The number of thiophene rings is 1. The van der Waals surface area contributed by atoms with Crippen molar-refractivity contribution in [2.24, 2.45) is 0 Å². The van der Waals surface area contributed by atoms with E-state index in [0.717, 1.165) is 0 Å². The molecular formula is C24H26ClN3O4S. The first-order valence-corrected chi connectivity index (χ1v) is 11.7. The molecule has 0 spiro atoms. The lowest BCUT2D eigenvalue weighted by molar-refractivity contribution is -0.128. The van der Waals surface area contributed by atoms with Gasteiger partial charge in [0.25, 0.3) is 11.8 Å². The van der Waals surface area contributed by atoms with Crippen LogP contribution in [0.3, 0.4) is 0 Å². The number of hydrogen-bond donors (Lipinski definition) is 2. The largest absolute Gasteiger partial charge is 0.467 e. The molecule has 0 saturated heterocycles. The van der Waals surface area contributed by atoms with Gasteiger partial charge in [0.05, 0.1) is 17.7 Å². The molecule has 0 aliphatic carbocycles. The smallest absolute Gasteiger partial charge is 0.261 e. The van der Waals surface area contributed by atoms with Crippen LogP contribution in [0.2, 0.25) is 5.02 Å². The maximum atomic E-state index is 13.5. The van der Waals surface area contributed by atoms with E-state index in [0.29, 0.717) is 27.8 Å². The first-order chi connectivity index (χ1) is 15.7. The summed E-state index contributed by atoms with van der Waals surface area (Å²) in [4.78, 5) is 41.1. The summed E-state index contributed by atoms with van der Waals surface area (Å²) < 4.78 is 5.56. The van der Waals surface area contributed by atoms with Crippen LogP contribution >= 0.6 is 22.9 Å². The molecule has 2 heterocycles. The molecule has 3 rings (SSSR count). The summed E-state index contributed by atoms with van der Waals surface area (Å²) in [7, 11) is 0. The lowest BCUT2D eigenvalue weighted by Crippen LogP contribution is -2.52. The minimum atomic E-state index is -1.09. The number of carbonyl (C=O) groups is 3. The summed E-state index contributed by atoms with van der Waals surface area (Å²) in [6.45, 7) is 5.46. The lowest BCUT2D eigenvalue weighted by atomic mass is 10.0. The van der Waals surface area contributed by atoms with E-state index in [2.05, 4.69) is 10.6 Å². The van der Waals surface area contributed by atoms with Gasteiger partial charge in [-0.3, -0.25) is 19.3 Å². The second kappa shape index (κ2) is 10.7. The standard InChI is InChI=1S/C24H26ClN3O4S/c1-4-24(2,3)27-23(31)21(18-7-5-13-32-18)28(17-11-9-16(25)10-12-17)20(29)15-26-22(30)19-8-6-14-33-19/h5-14,21H,4,15H2,1-3H3,(H,26,30)(H,27,31)/t21-/m0/s1. The second-order valence-electron chi connectivity index (χ2n) is 8.04. The van der Waals surface area contributed by atoms with Crippen LogP contribution in [0.4, 0.5) is 5.69 Å². The van der Waals surface area contributed by atoms with Crippen LogP contribution in [-0.4, -0.2) is 29.8 Å². The summed E-state index contributed by atoms with van der Waals surface area (Å²) in [5.74, 6) is -0.939. The molecule has 1 aromatic carbocycles. The molecule has 0 fully saturated rings. The Kier molecular flexibility index (Phi) is 7.94. The minimum absolute atomic E-state index is 0.298. The van der Waals surface area contributed by atoms with Crippen molar-refractivity contribution >= 4 is 46.3 Å². The zero-order chi connectivity index (χ0) is 24.0. The molecule has 0 saturated carbocycles. The van der Waals surface area contributed by atoms with Crippen molar-refractivity contribution in [3.05, 3.63) is 75.8 Å². The molecule has 3 aromatic rings. The van der Waals surface area contributed by atoms with Crippen LogP contribution in [0.25, 0.3) is 0 Å². The molecule has 0 radical (unpaired) electrons. The molecule has 0 bridgehead atoms. The van der Waals surface area contributed by atoms with Gasteiger partial charge in [0.15, 0.2) is 6.04 Å². The van der Waals surface area contributed by atoms with Gasteiger partial charge in [-0.25, -0.2) is 0 Å². The van der Waals surface area contributed by atoms with Crippen LogP contribution in [0.1, 0.15) is 48.7 Å². The third kappa shape index (κ3) is 6.24. The molecule has 0 unspecified atom stereocenters. The zero-order valence-electron chi connectivity index (χ0n) is 18.6. The Balaban J connectivity index is 1.96. The van der Waals surface area contributed by atoms with Crippen molar-refractivity contribution in [2.45, 2.75) is 38.8 Å². The fourth-order valence-corrected chi connectivity index (χ4v) is 3.85. The Hall–Kier alpha value is -3.10. The van der Waals surface area contributed by atoms with Gasteiger partial charge in [0.2, 0.25) is 5.91 Å². The quantitative estimate of drug-likeness (QED) is 0.453. The molecule has 7 nitrogen and oxygen atoms in total. The highest BCUT2D eigenvalue weighted by Gasteiger charge is 2.36. The highest BCUT2D eigenvalue weighted by atomic mass is 35.5. The molecule has 1 atom stereocenters. The lowest BCUT2D eigenvalue weighted by Gasteiger charge is -2.33. The van der Waals surface area contributed by atoms with E-state index in [1.54, 1.807) is 53.9 Å². The minimum Gasteiger partial charge on any atom is -0.467 e. The predicted molar refractivity (Wildman–Crippen MR) is 130 cm³/mol. The number of nitrogens with zero attached hydrogens (tertiary/aromatic N) is 1. The van der Waals surface area contributed by atoms with Crippen molar-refractivity contribution in [3.8, 4) is 0 Å². The monoisotopic (exact) mass is 487 g/mol. The number of rotatable bonds is 9. The van der Waals surface area contributed by atoms with E-state index < -0.39 is 23.4 Å². The SMILES string of the molecule is CCC(C)(C)NC(=O)[C@H](c1ccco1)N(C(=O)CNC(=O)c1cccs1)c1ccc(Cl)cc1. The number of amides is 3. The maximum absolute atomic E-state index is 13.5. The Bertz CT molecular complexity index is 1080. The van der Waals surface area contributed by atoms with Crippen molar-refractivity contribution in [2.75, 3.05) is 11.4 Å². The van der Waals surface area contributed by atoms with Gasteiger partial charge in [-0.1, -0.05) is 24.6 Å². The molecule has 9 heteroatoms. The van der Waals surface area contributed by atoms with E-state index in [1.807, 2.05) is 20.8 Å². The predicted octanol–water partition coefficient (Wildman–Crippen LogP) is 4.80. The molecule has 33 heavy (non-hydrogen) atoms. The number of hydrogen-bond acceptors (Lipinski definition) is 5. The van der Waals surface area contributed by atoms with Crippen LogP contribution in [-0.2, 0) is 9.59 Å². The van der Waals surface area contributed by atoms with Gasteiger partial charge in [-0.15, -0.1) is 11.3 Å². The first-order valence-electron chi connectivity index (χ1n) is 10.5. The fourth-order valence-electron chi connectivity index (χ4n) is 3.09. The Morgan fingerprint density at radius 2 is 1.85 bits per heavy atom. The van der Waals surface area contributed by atoms with Crippen molar-refractivity contribution in [1.82, 2.24) is 10.6 Å². The average molecular weight is 488 g/mol. The summed E-state index contributed by atoms with van der Waals surface area (Å²) in [5.41, 5.74) is -0.0510. The number of carbonyl (C=O) groups excluding carboxylic acids is 3. The van der Waals surface area contributed by atoms with Crippen molar-refractivity contribution < 1.29 is 18.8 Å². The van der Waals surface area contributed by atoms with E-state index in [4.69, 9.17) is 16.0 Å². The number of anilines is 1. The number of furan rings is 1. The molecule has 0 aliphatic heterocycles. The van der Waals surface area contributed by atoms with Crippen LogP contribution in [0, 0.1) is 0 Å². The third-order valence-electron chi connectivity index (χ3n) is 5.18. The summed E-state index contributed by atoms with van der Waals surface area (Å²) in [5, 5.41) is 7.90. The molecule has 2 N–H and O–H groups in total. The third-order valence-corrected chi connectivity index (χ3v) is 6.30. The van der Waals surface area contributed by atoms with E-state index in [9.17, 15) is 14.4 Å². The Labute approximate surface area is 201 Å². The topological polar surface area (TPSA) is 91.7 Å². The normalized spacial score (nSPS) is 12.1. The number of halogens is 1. The highest BCUT2D eigenvalue weighted by molar-refractivity contribution is 7.12. The van der Waals surface area contributed by atoms with Crippen LogP contribution in [0.5, 0.6) is 0 Å². The van der Waals surface area contributed by atoms with E-state index in [-0.39, 0.29) is 12.5 Å². The number of benzene rings is 1. The van der Waals surface area contributed by atoms with E-state index in [1.165, 1.54) is 22.5 Å². The maximum Gasteiger partial charge on any atom is 0.261 e. The van der Waals surface area contributed by atoms with Gasteiger partial charge >= 0.3 is 0 Å².